The summed E-state index contributed by atoms with van der Waals surface area (Å²) < 4.78 is 0. The first-order valence-corrected chi connectivity index (χ1v) is 23.9. The molecule has 0 spiro atoms. The monoisotopic (exact) mass is 790 g/mol. The fourth-order valence-corrected chi connectivity index (χ4v) is 8.00. The first-order valence-electron chi connectivity index (χ1n) is 23.9. The van der Waals surface area contributed by atoms with Crippen LogP contribution < -0.4 is 4.90 Å². The highest BCUT2D eigenvalue weighted by molar-refractivity contribution is 5.73. The highest BCUT2D eigenvalue weighted by Gasteiger charge is 2.23. The number of nitro groups is 2. The van der Waals surface area contributed by atoms with Crippen LogP contribution in [0.3, 0.4) is 0 Å². The Morgan fingerprint density at radius 3 is 1.04 bits per heavy atom. The number of unbranched alkanes of at least 4 members (excludes halogenated alkanes) is 30. The van der Waals surface area contributed by atoms with E-state index in [1.807, 2.05) is 6.08 Å². The van der Waals surface area contributed by atoms with E-state index in [9.17, 15) is 20.2 Å². The Morgan fingerprint density at radius 2 is 0.702 bits per heavy atom. The molecule has 0 bridgehead atoms. The first-order chi connectivity index (χ1) is 28.0. The van der Waals surface area contributed by atoms with Gasteiger partial charge in [0.25, 0.3) is 0 Å². The second-order valence-corrected chi connectivity index (χ2v) is 16.8. The van der Waals surface area contributed by atoms with Crippen molar-refractivity contribution in [3.8, 4) is 0 Å². The van der Waals surface area contributed by atoms with E-state index in [0.717, 1.165) is 18.7 Å². The van der Waals surface area contributed by atoms with E-state index in [2.05, 4.69) is 43.0 Å². The van der Waals surface area contributed by atoms with Gasteiger partial charge in [-0.05, 0) is 42.2 Å². The van der Waals surface area contributed by atoms with Crippen LogP contribution in [0.1, 0.15) is 230 Å². The van der Waals surface area contributed by atoms with Crippen molar-refractivity contribution in [3.05, 3.63) is 73.8 Å². The molecule has 0 N–H and O–H groups in total. The van der Waals surface area contributed by atoms with Crippen LogP contribution >= 0.6 is 0 Å². The molecule has 0 aliphatic heterocycles. The van der Waals surface area contributed by atoms with Gasteiger partial charge >= 0.3 is 11.4 Å². The van der Waals surface area contributed by atoms with Gasteiger partial charge in [0, 0.05) is 30.9 Å². The average Bonchev–Trinajstić information content (AvgIpc) is 3.21. The molecule has 0 amide bonds. The van der Waals surface area contributed by atoms with Crippen LogP contribution in [0.25, 0.3) is 12.2 Å². The Balaban J connectivity index is 1.74. The van der Waals surface area contributed by atoms with Gasteiger partial charge in [-0.1, -0.05) is 231 Å². The fourth-order valence-electron chi connectivity index (χ4n) is 8.00. The van der Waals surface area contributed by atoms with Gasteiger partial charge in [-0.3, -0.25) is 20.2 Å². The molecule has 7 heteroatoms. The maximum absolute atomic E-state index is 11.4. The quantitative estimate of drug-likeness (QED) is 0.0291. The lowest BCUT2D eigenvalue weighted by Gasteiger charge is -2.25. The largest absolute Gasteiger partial charge is 0.372 e. The predicted molar refractivity (Wildman–Crippen MR) is 246 cm³/mol. The van der Waals surface area contributed by atoms with Crippen molar-refractivity contribution in [2.75, 3.05) is 18.0 Å². The summed E-state index contributed by atoms with van der Waals surface area (Å²) in [6.45, 7) is 6.74. The molecule has 0 fully saturated rings. The molecule has 0 aliphatic carbocycles. The van der Waals surface area contributed by atoms with E-state index >= 15 is 0 Å². The second-order valence-electron chi connectivity index (χ2n) is 16.8. The Morgan fingerprint density at radius 1 is 0.404 bits per heavy atom. The second kappa shape index (κ2) is 34.8. The summed E-state index contributed by atoms with van der Waals surface area (Å²) >= 11 is 0. The van der Waals surface area contributed by atoms with Crippen molar-refractivity contribution in [3.63, 3.8) is 0 Å². The average molecular weight is 790 g/mol. The third kappa shape index (κ3) is 25.7. The summed E-state index contributed by atoms with van der Waals surface area (Å²) in [4.78, 5) is 23.7. The molecule has 0 saturated carbocycles. The molecule has 0 radical (unpaired) electrons. The summed E-state index contributed by atoms with van der Waals surface area (Å²) in [5.41, 5.74) is 1.82. The van der Waals surface area contributed by atoms with Gasteiger partial charge in [0.2, 0.25) is 0 Å². The lowest BCUT2D eigenvalue weighted by atomic mass is 10.0. The van der Waals surface area contributed by atoms with Crippen LogP contribution in [0.4, 0.5) is 17.1 Å². The molecule has 0 aliphatic rings. The van der Waals surface area contributed by atoms with Crippen LogP contribution in [0.2, 0.25) is 0 Å². The number of nitro benzene ring substituents is 2. The highest BCUT2D eigenvalue weighted by Crippen LogP contribution is 2.28. The Bertz CT molecular complexity index is 1280. The van der Waals surface area contributed by atoms with Crippen molar-refractivity contribution in [1.82, 2.24) is 0 Å². The van der Waals surface area contributed by atoms with Gasteiger partial charge in [-0.15, -0.1) is 0 Å². The third-order valence-corrected chi connectivity index (χ3v) is 11.7. The minimum absolute atomic E-state index is 0.490. The maximum Gasteiger partial charge on any atom is 0.346 e. The minimum atomic E-state index is -0.712. The van der Waals surface area contributed by atoms with Gasteiger partial charge in [-0.2, -0.15) is 0 Å². The van der Waals surface area contributed by atoms with Crippen molar-refractivity contribution in [1.29, 1.82) is 0 Å². The zero-order valence-electron chi connectivity index (χ0n) is 36.7. The van der Waals surface area contributed by atoms with Crippen LogP contribution in [-0.2, 0) is 0 Å². The van der Waals surface area contributed by atoms with E-state index in [4.69, 9.17) is 0 Å². The van der Waals surface area contributed by atoms with E-state index < -0.39 is 21.2 Å². The molecule has 0 aromatic heterocycles. The summed E-state index contributed by atoms with van der Waals surface area (Å²) in [5, 5.41) is 22.6. The van der Waals surface area contributed by atoms with Crippen LogP contribution in [-0.4, -0.2) is 22.9 Å². The van der Waals surface area contributed by atoms with E-state index in [-0.39, 0.29) is 0 Å². The van der Waals surface area contributed by atoms with Gasteiger partial charge in [0.05, 0.1) is 9.85 Å². The fraction of sp³-hybridized carbons (Fsp3) is 0.720. The van der Waals surface area contributed by atoms with Crippen LogP contribution in [0, 0.1) is 20.2 Å². The molecule has 2 rings (SSSR count). The zero-order valence-corrected chi connectivity index (χ0v) is 36.7. The van der Waals surface area contributed by atoms with Gasteiger partial charge in [0.1, 0.15) is 0 Å². The maximum atomic E-state index is 11.4. The van der Waals surface area contributed by atoms with Gasteiger partial charge in [0.15, 0.2) is 0 Å². The van der Waals surface area contributed by atoms with Crippen molar-refractivity contribution < 1.29 is 9.85 Å². The SMILES string of the molecule is CCCCCCCCCCCCCCCCCCN(CCCCCCCCCCCCCCCCCC)c1ccc(C=Cc2ccc([N+](=O)[O-])c([N+](=O)[O-])c2)cc1. The summed E-state index contributed by atoms with van der Waals surface area (Å²) in [7, 11) is 0. The molecular formula is C50H83N3O4. The molecule has 2 aromatic rings. The smallest absolute Gasteiger partial charge is 0.346 e. The van der Waals surface area contributed by atoms with E-state index in [1.165, 1.54) is 223 Å². The van der Waals surface area contributed by atoms with Crippen LogP contribution in [0.5, 0.6) is 0 Å². The van der Waals surface area contributed by atoms with Crippen LogP contribution in [0.15, 0.2) is 42.5 Å². The van der Waals surface area contributed by atoms with E-state index in [0.29, 0.717) is 5.56 Å². The number of hydrogen-bond acceptors (Lipinski definition) is 5. The Labute approximate surface area is 349 Å². The van der Waals surface area contributed by atoms with E-state index in [1.54, 1.807) is 12.1 Å². The molecular weight excluding hydrogens is 707 g/mol. The number of anilines is 1. The lowest BCUT2D eigenvalue weighted by molar-refractivity contribution is -0.422. The van der Waals surface area contributed by atoms with Gasteiger partial charge in [-0.25, -0.2) is 0 Å². The summed E-state index contributed by atoms with van der Waals surface area (Å²) in [6, 6.07) is 12.6. The van der Waals surface area contributed by atoms with Crippen molar-refractivity contribution in [2.45, 2.75) is 219 Å². The number of benzene rings is 2. The highest BCUT2D eigenvalue weighted by atomic mass is 16.6. The standard InChI is InChI=1S/C50H83N3O4/c1-3-5-7-9-11-13-15-17-19-21-23-25-27-29-31-33-43-51(44-34-32-30-28-26-24-22-20-18-16-14-12-10-8-6-4-2)48-40-37-46(38-41-48)35-36-47-39-42-49(52(54)55)50(45-47)53(56)57/h35-42,45H,3-34,43-44H2,1-2H3. The first kappa shape index (κ1) is 49.9. The zero-order chi connectivity index (χ0) is 41.0. The van der Waals surface area contributed by atoms with Crippen molar-refractivity contribution in [2.24, 2.45) is 0 Å². The Hall–Kier alpha value is -3.22. The molecule has 0 unspecified atom stereocenters. The van der Waals surface area contributed by atoms with Gasteiger partial charge < -0.3 is 4.90 Å². The number of rotatable bonds is 39. The summed E-state index contributed by atoms with van der Waals surface area (Å²) in [6.07, 6.45) is 47.9. The lowest BCUT2D eigenvalue weighted by Crippen LogP contribution is -2.25. The molecule has 57 heavy (non-hydrogen) atoms. The molecule has 7 nitrogen and oxygen atoms in total. The molecule has 0 atom stereocenters. The molecule has 0 saturated heterocycles. The van der Waals surface area contributed by atoms with Crippen molar-refractivity contribution >= 4 is 29.2 Å². The predicted octanol–water partition coefficient (Wildman–Crippen LogP) is 17.0. The normalized spacial score (nSPS) is 11.5. The molecule has 2 aromatic carbocycles. The summed E-state index contributed by atoms with van der Waals surface area (Å²) in [5.74, 6) is 0. The third-order valence-electron chi connectivity index (χ3n) is 11.7. The number of hydrogen-bond donors (Lipinski definition) is 0. The minimum Gasteiger partial charge on any atom is -0.372 e. The Kier molecular flexibility index (Phi) is 30.5. The number of nitrogens with zero attached hydrogens (tertiary/aromatic N) is 3. The molecule has 0 heterocycles. The molecule has 322 valence electrons. The topological polar surface area (TPSA) is 89.5 Å².